The summed E-state index contributed by atoms with van der Waals surface area (Å²) in [5.41, 5.74) is 5.27. The van der Waals surface area contributed by atoms with Gasteiger partial charge in [-0.05, 0) is 81.0 Å². The van der Waals surface area contributed by atoms with E-state index >= 15 is 0 Å². The summed E-state index contributed by atoms with van der Waals surface area (Å²) in [7, 11) is 3.58. The highest BCUT2D eigenvalue weighted by Gasteiger charge is 2.25. The first kappa shape index (κ1) is 27.6. The van der Waals surface area contributed by atoms with Gasteiger partial charge in [-0.25, -0.2) is 9.37 Å². The molecule has 38 heavy (non-hydrogen) atoms. The second kappa shape index (κ2) is 11.1. The third-order valence-corrected chi connectivity index (χ3v) is 7.42. The average molecular weight is 521 g/mol. The van der Waals surface area contributed by atoms with Gasteiger partial charge in [0, 0.05) is 23.7 Å². The van der Waals surface area contributed by atoms with Crippen molar-refractivity contribution in [2.75, 3.05) is 14.2 Å². The van der Waals surface area contributed by atoms with E-state index in [-0.39, 0.29) is 11.6 Å². The van der Waals surface area contributed by atoms with Gasteiger partial charge in [-0.1, -0.05) is 37.3 Å². The van der Waals surface area contributed by atoms with Crippen molar-refractivity contribution in [1.29, 1.82) is 0 Å². The number of ether oxygens (including phenoxy) is 2. The first-order valence-electron chi connectivity index (χ1n) is 13.0. The Labute approximate surface area is 224 Å². The highest BCUT2D eigenvalue weighted by Crippen LogP contribution is 2.38. The highest BCUT2D eigenvalue weighted by atomic mass is 19.1. The Morgan fingerprint density at radius 1 is 1.21 bits per heavy atom. The number of hydrogen-bond acceptors (Lipinski definition) is 5. The Kier molecular flexibility index (Phi) is 8.07. The Morgan fingerprint density at radius 2 is 1.97 bits per heavy atom. The van der Waals surface area contributed by atoms with Crippen LogP contribution in [0.5, 0.6) is 11.6 Å². The summed E-state index contributed by atoms with van der Waals surface area (Å²) < 4.78 is 26.7. The molecule has 0 bridgehead atoms. The van der Waals surface area contributed by atoms with Gasteiger partial charge < -0.3 is 14.6 Å². The topological polar surface area (TPSA) is 71.9 Å². The molecule has 1 aliphatic rings. The summed E-state index contributed by atoms with van der Waals surface area (Å²) in [6.07, 6.45) is 3.19. The van der Waals surface area contributed by atoms with E-state index in [1.807, 2.05) is 30.3 Å². The third-order valence-electron chi connectivity index (χ3n) is 7.42. The van der Waals surface area contributed by atoms with Crippen LogP contribution in [0.2, 0.25) is 0 Å². The second-order valence-electron chi connectivity index (χ2n) is 11.2. The summed E-state index contributed by atoms with van der Waals surface area (Å²) in [6, 6.07) is 13.7. The molecule has 202 valence electrons. The molecule has 0 aliphatic carbocycles. The fourth-order valence-corrected chi connectivity index (χ4v) is 4.65. The molecular weight excluding hydrogens is 483 g/mol. The molecule has 0 spiro atoms. The predicted octanol–water partition coefficient (Wildman–Crippen LogP) is 6.46. The van der Waals surface area contributed by atoms with Crippen molar-refractivity contribution in [3.05, 3.63) is 76.7 Å². The van der Waals surface area contributed by atoms with Crippen LogP contribution < -0.4 is 9.47 Å². The lowest BCUT2D eigenvalue weighted by Gasteiger charge is -2.33. The van der Waals surface area contributed by atoms with E-state index in [0.717, 1.165) is 46.4 Å². The van der Waals surface area contributed by atoms with Gasteiger partial charge in [-0.15, -0.1) is 0 Å². The Morgan fingerprint density at radius 3 is 2.66 bits per heavy atom. The van der Waals surface area contributed by atoms with Gasteiger partial charge in [0.25, 0.3) is 0 Å². The Hall–Kier alpha value is -3.45. The lowest BCUT2D eigenvalue weighted by Crippen LogP contribution is -2.37. The van der Waals surface area contributed by atoms with E-state index in [4.69, 9.17) is 9.47 Å². The molecule has 1 N–H and O–H groups in total. The molecule has 1 aliphatic heterocycles. The minimum atomic E-state index is -0.808. The number of pyridine rings is 1. The molecule has 2 heterocycles. The zero-order valence-electron chi connectivity index (χ0n) is 23.0. The predicted molar refractivity (Wildman–Crippen MR) is 146 cm³/mol. The van der Waals surface area contributed by atoms with Crippen molar-refractivity contribution in [3.8, 4) is 22.8 Å². The summed E-state index contributed by atoms with van der Waals surface area (Å²) in [5.74, 6) is -0.504. The number of benzene rings is 2. The number of rotatable bonds is 8. The van der Waals surface area contributed by atoms with Gasteiger partial charge in [0.05, 0.1) is 19.2 Å². The standard InChI is InChI=1S/C31H37FN2O4/c1-19(30(35)36)13-20-7-8-21-10-12-27(38-28(21)14-20)22-9-11-24(23(15-22)18-34(5)31(2,3)4)25-16-29(37-6)33-17-26(25)32/h7-9,11,14-17,19,27H,10,12-13,18H2,1-6H3,(H,35,36)/t19-,27?/m0/s1. The van der Waals surface area contributed by atoms with Gasteiger partial charge in [0.15, 0.2) is 0 Å². The van der Waals surface area contributed by atoms with Gasteiger partial charge in [0.1, 0.15) is 17.7 Å². The number of fused-ring (bicyclic) bond motifs is 1. The zero-order valence-corrected chi connectivity index (χ0v) is 23.0. The average Bonchev–Trinajstić information content (AvgIpc) is 2.88. The van der Waals surface area contributed by atoms with Gasteiger partial charge >= 0.3 is 5.97 Å². The molecule has 0 saturated carbocycles. The lowest BCUT2D eigenvalue weighted by molar-refractivity contribution is -0.141. The van der Waals surface area contributed by atoms with E-state index in [1.165, 1.54) is 13.3 Å². The molecule has 0 saturated heterocycles. The summed E-state index contributed by atoms with van der Waals surface area (Å²) in [5, 5.41) is 9.29. The quantitative estimate of drug-likeness (QED) is 0.368. The first-order valence-corrected chi connectivity index (χ1v) is 13.0. The molecule has 3 aromatic rings. The molecule has 6 nitrogen and oxygen atoms in total. The molecule has 1 unspecified atom stereocenters. The molecular formula is C31H37FN2O4. The van der Waals surface area contributed by atoms with Crippen molar-refractivity contribution >= 4 is 5.97 Å². The Balaban J connectivity index is 1.68. The largest absolute Gasteiger partial charge is 0.485 e. The maximum Gasteiger partial charge on any atom is 0.306 e. The van der Waals surface area contributed by atoms with E-state index in [0.29, 0.717) is 24.4 Å². The van der Waals surface area contributed by atoms with Crippen molar-refractivity contribution < 1.29 is 23.8 Å². The minimum absolute atomic E-state index is 0.0779. The van der Waals surface area contributed by atoms with E-state index in [9.17, 15) is 14.3 Å². The van der Waals surface area contributed by atoms with E-state index < -0.39 is 17.7 Å². The molecule has 0 radical (unpaired) electrons. The number of nitrogens with zero attached hydrogens (tertiary/aromatic N) is 2. The lowest BCUT2D eigenvalue weighted by atomic mass is 9.91. The van der Waals surface area contributed by atoms with Crippen LogP contribution in [0.3, 0.4) is 0 Å². The van der Waals surface area contributed by atoms with Crippen molar-refractivity contribution in [2.45, 2.75) is 65.1 Å². The fourth-order valence-electron chi connectivity index (χ4n) is 4.65. The fraction of sp³-hybridized carbons (Fsp3) is 0.419. The monoisotopic (exact) mass is 520 g/mol. The van der Waals surface area contributed by atoms with Crippen LogP contribution in [0.15, 0.2) is 48.7 Å². The normalized spacial score (nSPS) is 16.1. The summed E-state index contributed by atoms with van der Waals surface area (Å²) in [6.45, 7) is 8.78. The van der Waals surface area contributed by atoms with Crippen LogP contribution >= 0.6 is 0 Å². The second-order valence-corrected chi connectivity index (χ2v) is 11.2. The van der Waals surface area contributed by atoms with E-state index in [2.05, 4.69) is 43.8 Å². The smallest absolute Gasteiger partial charge is 0.306 e. The Bertz CT molecular complexity index is 1320. The van der Waals surface area contributed by atoms with Gasteiger partial charge in [0.2, 0.25) is 5.88 Å². The zero-order chi connectivity index (χ0) is 27.6. The van der Waals surface area contributed by atoms with Crippen LogP contribution in [0, 0.1) is 11.7 Å². The molecule has 2 atom stereocenters. The third kappa shape index (κ3) is 6.16. The van der Waals surface area contributed by atoms with Crippen molar-refractivity contribution in [3.63, 3.8) is 0 Å². The number of methoxy groups -OCH3 is 1. The van der Waals surface area contributed by atoms with Gasteiger partial charge in [-0.3, -0.25) is 9.69 Å². The molecule has 0 amide bonds. The molecule has 7 heteroatoms. The molecule has 1 aromatic heterocycles. The van der Waals surface area contributed by atoms with Crippen molar-refractivity contribution in [2.24, 2.45) is 5.92 Å². The van der Waals surface area contributed by atoms with E-state index in [1.54, 1.807) is 13.0 Å². The number of carboxylic acids is 1. The van der Waals surface area contributed by atoms with Crippen molar-refractivity contribution in [1.82, 2.24) is 9.88 Å². The highest BCUT2D eigenvalue weighted by molar-refractivity contribution is 5.70. The van der Waals surface area contributed by atoms with Crippen LogP contribution in [0.1, 0.15) is 62.5 Å². The first-order chi connectivity index (χ1) is 18.0. The molecule has 4 rings (SSSR count). The van der Waals surface area contributed by atoms with Crippen LogP contribution in [-0.4, -0.2) is 40.7 Å². The molecule has 0 fully saturated rings. The maximum absolute atomic E-state index is 14.9. The SMILES string of the molecule is COc1cc(-c2ccc(C3CCc4ccc(C[C@H](C)C(=O)O)cc4O3)cc2CN(C)C(C)(C)C)c(F)cn1. The number of aryl methyl sites for hydroxylation is 1. The summed E-state index contributed by atoms with van der Waals surface area (Å²) >= 11 is 0. The number of carboxylic acid groups (broad SMARTS) is 1. The molecule has 2 aromatic carbocycles. The number of aromatic nitrogens is 1. The number of halogens is 1. The maximum atomic E-state index is 14.9. The summed E-state index contributed by atoms with van der Waals surface area (Å²) in [4.78, 5) is 17.6. The van der Waals surface area contributed by atoms with Crippen LogP contribution in [0.4, 0.5) is 4.39 Å². The number of aliphatic carboxylic acids is 1. The van der Waals surface area contributed by atoms with Gasteiger partial charge in [-0.2, -0.15) is 0 Å². The van der Waals surface area contributed by atoms with Crippen LogP contribution in [0.25, 0.3) is 11.1 Å². The number of carbonyl (C=O) groups is 1. The number of hydrogen-bond donors (Lipinski definition) is 1. The van der Waals surface area contributed by atoms with Crippen LogP contribution in [-0.2, 0) is 24.2 Å². The minimum Gasteiger partial charge on any atom is -0.485 e.